The molecule has 0 bridgehead atoms. The second kappa shape index (κ2) is 8.94. The lowest BCUT2D eigenvalue weighted by molar-refractivity contribution is -0.119. The van der Waals surface area contributed by atoms with Gasteiger partial charge in [-0.25, -0.2) is 8.42 Å². The van der Waals surface area contributed by atoms with Crippen molar-refractivity contribution in [2.75, 3.05) is 29.4 Å². The molecule has 0 saturated heterocycles. The summed E-state index contributed by atoms with van der Waals surface area (Å²) in [6.45, 7) is 4.15. The highest BCUT2D eigenvalue weighted by molar-refractivity contribution is 7.99. The van der Waals surface area contributed by atoms with Crippen molar-refractivity contribution in [3.63, 3.8) is 0 Å². The number of rotatable bonds is 8. The molecule has 0 unspecified atom stereocenters. The Kier molecular flexibility index (Phi) is 7.19. The van der Waals surface area contributed by atoms with Gasteiger partial charge >= 0.3 is 0 Å². The van der Waals surface area contributed by atoms with Crippen LogP contribution in [0.2, 0.25) is 0 Å². The third-order valence-electron chi connectivity index (χ3n) is 4.40. The number of sulfonamides is 1. The zero-order chi connectivity index (χ0) is 18.4. The van der Waals surface area contributed by atoms with E-state index < -0.39 is 10.0 Å². The maximum Gasteiger partial charge on any atom is 0.240 e. The molecule has 1 N–H and O–H groups in total. The van der Waals surface area contributed by atoms with Gasteiger partial charge < -0.3 is 5.32 Å². The number of hydrogen-bond donors (Lipinski definition) is 1. The van der Waals surface area contributed by atoms with Crippen molar-refractivity contribution in [2.24, 2.45) is 0 Å². The number of aryl methyl sites for hydroxylation is 2. The van der Waals surface area contributed by atoms with Crippen molar-refractivity contribution >= 4 is 33.4 Å². The summed E-state index contributed by atoms with van der Waals surface area (Å²) in [5, 5.41) is 3.57. The average Bonchev–Trinajstić information content (AvgIpc) is 3.04. The first-order chi connectivity index (χ1) is 11.8. The first kappa shape index (κ1) is 20.1. The molecular weight excluding hydrogens is 356 g/mol. The number of amides is 1. The van der Waals surface area contributed by atoms with Gasteiger partial charge in [0.2, 0.25) is 15.9 Å². The van der Waals surface area contributed by atoms with E-state index in [9.17, 15) is 13.2 Å². The van der Waals surface area contributed by atoms with Gasteiger partial charge in [-0.05, 0) is 43.9 Å². The highest BCUT2D eigenvalue weighted by Crippen LogP contribution is 2.29. The topological polar surface area (TPSA) is 66.5 Å². The van der Waals surface area contributed by atoms with Crippen LogP contribution in [0.1, 0.15) is 36.8 Å². The van der Waals surface area contributed by atoms with Crippen molar-refractivity contribution in [1.82, 2.24) is 5.32 Å². The van der Waals surface area contributed by atoms with Crippen LogP contribution in [0.5, 0.6) is 0 Å². The fourth-order valence-electron chi connectivity index (χ4n) is 3.03. The van der Waals surface area contributed by atoms with Crippen LogP contribution in [-0.4, -0.2) is 44.7 Å². The molecule has 140 valence electrons. The fraction of sp³-hybridized carbons (Fsp3) is 0.611. The molecule has 0 aromatic heterocycles. The van der Waals surface area contributed by atoms with Crippen molar-refractivity contribution in [3.05, 3.63) is 29.3 Å². The van der Waals surface area contributed by atoms with Gasteiger partial charge in [0.25, 0.3) is 0 Å². The van der Waals surface area contributed by atoms with Crippen molar-refractivity contribution in [3.8, 4) is 0 Å². The molecule has 7 heteroatoms. The number of nitrogens with one attached hydrogen (secondary N) is 1. The van der Waals surface area contributed by atoms with Gasteiger partial charge in [-0.15, -0.1) is 0 Å². The Morgan fingerprint density at radius 1 is 1.28 bits per heavy atom. The van der Waals surface area contributed by atoms with E-state index in [0.29, 0.717) is 12.2 Å². The zero-order valence-corrected chi connectivity index (χ0v) is 16.9. The summed E-state index contributed by atoms with van der Waals surface area (Å²) in [5.41, 5.74) is 2.36. The van der Waals surface area contributed by atoms with Crippen LogP contribution in [0.3, 0.4) is 0 Å². The van der Waals surface area contributed by atoms with E-state index in [2.05, 4.69) is 5.32 Å². The number of hydrogen-bond acceptors (Lipinski definition) is 4. The maximum absolute atomic E-state index is 12.2. The molecule has 0 atom stereocenters. The molecule has 0 heterocycles. The van der Waals surface area contributed by atoms with Gasteiger partial charge in [-0.3, -0.25) is 9.10 Å². The van der Waals surface area contributed by atoms with E-state index in [-0.39, 0.29) is 12.5 Å². The van der Waals surface area contributed by atoms with Gasteiger partial charge in [0, 0.05) is 17.5 Å². The van der Waals surface area contributed by atoms with Crippen LogP contribution in [0.15, 0.2) is 18.2 Å². The Labute approximate surface area is 155 Å². The normalized spacial score (nSPS) is 15.3. The lowest BCUT2D eigenvalue weighted by Gasteiger charge is -2.24. The van der Waals surface area contributed by atoms with E-state index in [1.807, 2.05) is 37.7 Å². The fourth-order valence-corrected chi connectivity index (χ4v) is 5.15. The second-order valence-electron chi connectivity index (χ2n) is 6.69. The Bertz CT molecular complexity index is 698. The predicted molar refractivity (Wildman–Crippen MR) is 106 cm³/mol. The molecule has 0 aliphatic heterocycles. The minimum atomic E-state index is -3.53. The standard InChI is InChI=1S/C18H28N2O3S2/c1-14-8-9-15(2)17(12-14)20(25(3,22)23)13-18(21)19-10-11-24-16-6-4-5-7-16/h8-9,12,16H,4-7,10-11,13H2,1-3H3,(H,19,21). The van der Waals surface area contributed by atoms with Gasteiger partial charge in [0.1, 0.15) is 6.54 Å². The van der Waals surface area contributed by atoms with Crippen LogP contribution in [0.4, 0.5) is 5.69 Å². The molecule has 2 rings (SSSR count). The Morgan fingerprint density at radius 3 is 2.60 bits per heavy atom. The number of benzene rings is 1. The summed E-state index contributed by atoms with van der Waals surface area (Å²) >= 11 is 1.90. The average molecular weight is 385 g/mol. The third kappa shape index (κ3) is 6.22. The van der Waals surface area contributed by atoms with Crippen LogP contribution >= 0.6 is 11.8 Å². The Hall–Kier alpha value is -1.21. The van der Waals surface area contributed by atoms with E-state index >= 15 is 0 Å². The number of nitrogens with zero attached hydrogens (tertiary/aromatic N) is 1. The molecule has 1 saturated carbocycles. The number of anilines is 1. The molecule has 1 amide bonds. The molecule has 0 radical (unpaired) electrons. The number of carbonyl (C=O) groups is 1. The smallest absolute Gasteiger partial charge is 0.240 e. The van der Waals surface area contributed by atoms with E-state index in [1.165, 1.54) is 30.0 Å². The predicted octanol–water partition coefficient (Wildman–Crippen LogP) is 2.86. The Morgan fingerprint density at radius 2 is 1.96 bits per heavy atom. The molecule has 5 nitrogen and oxygen atoms in total. The quantitative estimate of drug-likeness (QED) is 0.700. The maximum atomic E-state index is 12.2. The first-order valence-electron chi connectivity index (χ1n) is 8.70. The Balaban J connectivity index is 1.93. The summed E-state index contributed by atoms with van der Waals surface area (Å²) < 4.78 is 25.5. The highest BCUT2D eigenvalue weighted by atomic mass is 32.2. The number of thioether (sulfide) groups is 1. The molecule has 1 fully saturated rings. The SMILES string of the molecule is Cc1ccc(C)c(N(CC(=O)NCCSC2CCCC2)S(C)(=O)=O)c1. The summed E-state index contributed by atoms with van der Waals surface area (Å²) in [6.07, 6.45) is 6.30. The largest absolute Gasteiger partial charge is 0.354 e. The summed E-state index contributed by atoms with van der Waals surface area (Å²) in [5.74, 6) is 0.608. The van der Waals surface area contributed by atoms with E-state index in [1.54, 1.807) is 6.07 Å². The molecule has 1 aliphatic rings. The summed E-state index contributed by atoms with van der Waals surface area (Å²) in [4.78, 5) is 12.2. The van der Waals surface area contributed by atoms with E-state index in [4.69, 9.17) is 0 Å². The highest BCUT2D eigenvalue weighted by Gasteiger charge is 2.22. The lowest BCUT2D eigenvalue weighted by atomic mass is 10.1. The molecule has 1 aromatic carbocycles. The zero-order valence-electron chi connectivity index (χ0n) is 15.2. The van der Waals surface area contributed by atoms with E-state index in [0.717, 1.165) is 28.4 Å². The summed E-state index contributed by atoms with van der Waals surface area (Å²) in [7, 11) is -3.53. The third-order valence-corrected chi connectivity index (χ3v) is 6.91. The lowest BCUT2D eigenvalue weighted by Crippen LogP contribution is -2.41. The van der Waals surface area contributed by atoms with Gasteiger partial charge in [0.05, 0.1) is 11.9 Å². The van der Waals surface area contributed by atoms with Crippen LogP contribution in [0, 0.1) is 13.8 Å². The van der Waals surface area contributed by atoms with Crippen molar-refractivity contribution in [2.45, 2.75) is 44.8 Å². The molecule has 1 aliphatic carbocycles. The number of carbonyl (C=O) groups excluding carboxylic acids is 1. The van der Waals surface area contributed by atoms with Crippen molar-refractivity contribution in [1.29, 1.82) is 0 Å². The van der Waals surface area contributed by atoms with Crippen molar-refractivity contribution < 1.29 is 13.2 Å². The van der Waals surface area contributed by atoms with Crippen LogP contribution in [0.25, 0.3) is 0 Å². The van der Waals surface area contributed by atoms with Gasteiger partial charge in [-0.1, -0.05) is 25.0 Å². The molecular formula is C18H28N2O3S2. The minimum Gasteiger partial charge on any atom is -0.354 e. The van der Waals surface area contributed by atoms with Gasteiger partial charge in [-0.2, -0.15) is 11.8 Å². The second-order valence-corrected chi connectivity index (χ2v) is 10.0. The molecule has 25 heavy (non-hydrogen) atoms. The minimum absolute atomic E-state index is 0.183. The summed E-state index contributed by atoms with van der Waals surface area (Å²) in [6, 6.07) is 5.61. The van der Waals surface area contributed by atoms with Gasteiger partial charge in [0.15, 0.2) is 0 Å². The monoisotopic (exact) mass is 384 g/mol. The molecule has 0 spiro atoms. The first-order valence-corrected chi connectivity index (χ1v) is 11.6. The van der Waals surface area contributed by atoms with Crippen LogP contribution < -0.4 is 9.62 Å². The molecule has 1 aromatic rings. The van der Waals surface area contributed by atoms with Crippen LogP contribution in [-0.2, 0) is 14.8 Å².